The zero-order chi connectivity index (χ0) is 19.9. The molecule has 0 aliphatic carbocycles. The Morgan fingerprint density at radius 2 is 1.63 bits per heavy atom. The quantitative estimate of drug-likeness (QED) is 0.526. The number of hydrogen-bond acceptors (Lipinski definition) is 7. The van der Waals surface area contributed by atoms with Gasteiger partial charge < -0.3 is 0 Å². The number of nitrogens with one attached hydrogen (secondary N) is 1. The molecule has 0 radical (unpaired) electrons. The van der Waals surface area contributed by atoms with Gasteiger partial charge in [0.05, 0.1) is 25.6 Å². The third-order valence-electron chi connectivity index (χ3n) is 4.31. The standard InChI is InChI=1S/C17H14N4O5S/c1-8-4-5-14-15(9(8)2)18-17(27-14)19-16(22)11-6-12(20(23)24)10(3)13(7-11)21(25)26/h4-7H,1-3H3,(H,18,19,22). The maximum Gasteiger partial charge on any atom is 0.279 e. The minimum absolute atomic E-state index is 0.104. The Labute approximate surface area is 157 Å². The van der Waals surface area contributed by atoms with E-state index in [1.165, 1.54) is 18.3 Å². The van der Waals surface area contributed by atoms with E-state index in [9.17, 15) is 25.0 Å². The molecule has 3 rings (SSSR count). The maximum atomic E-state index is 12.5. The lowest BCUT2D eigenvalue weighted by atomic mass is 10.1. The SMILES string of the molecule is Cc1ccc2sc(NC(=O)c3cc([N+](=O)[O-])c(C)c([N+](=O)[O-])c3)nc2c1C. The largest absolute Gasteiger partial charge is 0.298 e. The Morgan fingerprint density at radius 3 is 2.19 bits per heavy atom. The lowest BCUT2D eigenvalue weighted by Crippen LogP contribution is -2.13. The van der Waals surface area contributed by atoms with Crippen LogP contribution in [-0.4, -0.2) is 20.7 Å². The molecular weight excluding hydrogens is 372 g/mol. The molecule has 10 heteroatoms. The van der Waals surface area contributed by atoms with Crippen LogP contribution >= 0.6 is 11.3 Å². The van der Waals surface area contributed by atoms with E-state index < -0.39 is 27.1 Å². The number of anilines is 1. The Balaban J connectivity index is 2.00. The van der Waals surface area contributed by atoms with E-state index in [0.29, 0.717) is 5.13 Å². The number of aromatic nitrogens is 1. The van der Waals surface area contributed by atoms with Gasteiger partial charge in [-0.2, -0.15) is 0 Å². The zero-order valence-electron chi connectivity index (χ0n) is 14.6. The van der Waals surface area contributed by atoms with E-state index in [2.05, 4.69) is 10.3 Å². The summed E-state index contributed by atoms with van der Waals surface area (Å²) in [5.41, 5.74) is 1.58. The normalized spacial score (nSPS) is 10.8. The van der Waals surface area contributed by atoms with Gasteiger partial charge in [-0.1, -0.05) is 17.4 Å². The number of thiazole rings is 1. The number of carbonyl (C=O) groups excluding carboxylic acids is 1. The first-order valence-electron chi connectivity index (χ1n) is 7.80. The van der Waals surface area contributed by atoms with Crippen molar-refractivity contribution in [2.75, 3.05) is 5.32 Å². The molecule has 0 aliphatic rings. The highest BCUT2D eigenvalue weighted by molar-refractivity contribution is 7.22. The summed E-state index contributed by atoms with van der Waals surface area (Å²) in [5, 5.41) is 25.2. The first-order valence-corrected chi connectivity index (χ1v) is 8.62. The summed E-state index contributed by atoms with van der Waals surface area (Å²) in [6.07, 6.45) is 0. The molecule has 138 valence electrons. The van der Waals surface area contributed by atoms with Crippen LogP contribution in [-0.2, 0) is 0 Å². The van der Waals surface area contributed by atoms with E-state index in [4.69, 9.17) is 0 Å². The van der Waals surface area contributed by atoms with Crippen LogP contribution in [0.15, 0.2) is 24.3 Å². The molecule has 0 atom stereocenters. The molecule has 0 aliphatic heterocycles. The number of nitrogens with zero attached hydrogens (tertiary/aromatic N) is 3. The number of nitro benzene ring substituents is 2. The van der Waals surface area contributed by atoms with Gasteiger partial charge in [0.25, 0.3) is 17.3 Å². The van der Waals surface area contributed by atoms with Gasteiger partial charge >= 0.3 is 0 Å². The molecule has 9 nitrogen and oxygen atoms in total. The fourth-order valence-electron chi connectivity index (χ4n) is 2.64. The molecular formula is C17H14N4O5S. The zero-order valence-corrected chi connectivity index (χ0v) is 15.4. The second-order valence-corrected chi connectivity index (χ2v) is 7.01. The molecule has 0 bridgehead atoms. The fraction of sp³-hybridized carbons (Fsp3) is 0.176. The van der Waals surface area contributed by atoms with Gasteiger partial charge in [0, 0.05) is 12.1 Å². The van der Waals surface area contributed by atoms with Crippen molar-refractivity contribution in [1.29, 1.82) is 0 Å². The Hall–Kier alpha value is -3.40. The summed E-state index contributed by atoms with van der Waals surface area (Å²) in [7, 11) is 0. The summed E-state index contributed by atoms with van der Waals surface area (Å²) in [5.74, 6) is -0.699. The van der Waals surface area contributed by atoms with Gasteiger partial charge in [-0.15, -0.1) is 0 Å². The van der Waals surface area contributed by atoms with E-state index in [1.54, 1.807) is 0 Å². The highest BCUT2D eigenvalue weighted by Gasteiger charge is 2.25. The molecule has 2 aromatic carbocycles. The lowest BCUT2D eigenvalue weighted by Gasteiger charge is -2.04. The molecule has 1 aromatic heterocycles. The van der Waals surface area contributed by atoms with Crippen molar-refractivity contribution >= 4 is 44.0 Å². The summed E-state index contributed by atoms with van der Waals surface area (Å²) in [6.45, 7) is 5.16. The molecule has 0 fully saturated rings. The number of nitro groups is 2. The topological polar surface area (TPSA) is 128 Å². The molecule has 1 heterocycles. The summed E-state index contributed by atoms with van der Waals surface area (Å²) >= 11 is 1.26. The third-order valence-corrected chi connectivity index (χ3v) is 5.25. The Bertz CT molecular complexity index is 1090. The summed E-state index contributed by atoms with van der Waals surface area (Å²) in [4.78, 5) is 37.7. The van der Waals surface area contributed by atoms with E-state index in [0.717, 1.165) is 33.5 Å². The van der Waals surface area contributed by atoms with Crippen molar-refractivity contribution in [2.45, 2.75) is 20.8 Å². The molecule has 27 heavy (non-hydrogen) atoms. The van der Waals surface area contributed by atoms with Crippen molar-refractivity contribution in [3.05, 3.63) is 66.7 Å². The smallest absolute Gasteiger partial charge is 0.279 e. The van der Waals surface area contributed by atoms with Crippen molar-refractivity contribution in [2.24, 2.45) is 0 Å². The van der Waals surface area contributed by atoms with Crippen molar-refractivity contribution in [3.63, 3.8) is 0 Å². The molecule has 0 saturated carbocycles. The molecule has 0 spiro atoms. The van der Waals surface area contributed by atoms with Gasteiger partial charge in [-0.25, -0.2) is 4.98 Å². The Kier molecular flexibility index (Phi) is 4.58. The highest BCUT2D eigenvalue weighted by atomic mass is 32.1. The first kappa shape index (κ1) is 18.4. The number of amides is 1. The minimum Gasteiger partial charge on any atom is -0.298 e. The van der Waals surface area contributed by atoms with Crippen molar-refractivity contribution < 1.29 is 14.6 Å². The predicted octanol–water partition coefficient (Wildman–Crippen LogP) is 4.29. The number of carbonyl (C=O) groups is 1. The average Bonchev–Trinajstić information content (AvgIpc) is 3.01. The fourth-order valence-corrected chi connectivity index (χ4v) is 3.56. The molecule has 0 unspecified atom stereocenters. The first-order chi connectivity index (χ1) is 12.7. The van der Waals surface area contributed by atoms with Gasteiger partial charge in [0.1, 0.15) is 5.56 Å². The van der Waals surface area contributed by atoms with Gasteiger partial charge in [-0.05, 0) is 38.0 Å². The lowest BCUT2D eigenvalue weighted by molar-refractivity contribution is -0.395. The second-order valence-electron chi connectivity index (χ2n) is 5.98. The second kappa shape index (κ2) is 6.72. The minimum atomic E-state index is -0.747. The summed E-state index contributed by atoms with van der Waals surface area (Å²) < 4.78 is 0.884. The Morgan fingerprint density at radius 1 is 1.04 bits per heavy atom. The third kappa shape index (κ3) is 3.34. The van der Waals surface area contributed by atoms with Gasteiger partial charge in [-0.3, -0.25) is 30.3 Å². The molecule has 1 amide bonds. The number of fused-ring (bicyclic) bond motifs is 1. The summed E-state index contributed by atoms with van der Waals surface area (Å²) in [6, 6.07) is 5.90. The van der Waals surface area contributed by atoms with Crippen LogP contribution in [0.1, 0.15) is 27.0 Å². The van der Waals surface area contributed by atoms with Crippen LogP contribution in [0.3, 0.4) is 0 Å². The van der Waals surface area contributed by atoms with E-state index >= 15 is 0 Å². The monoisotopic (exact) mass is 386 g/mol. The maximum absolute atomic E-state index is 12.5. The number of aryl methyl sites for hydroxylation is 2. The predicted molar refractivity (Wildman–Crippen MR) is 102 cm³/mol. The van der Waals surface area contributed by atoms with E-state index in [1.807, 2.05) is 26.0 Å². The molecule has 0 saturated heterocycles. The molecule has 3 aromatic rings. The van der Waals surface area contributed by atoms with Crippen molar-refractivity contribution in [1.82, 2.24) is 4.98 Å². The van der Waals surface area contributed by atoms with Gasteiger partial charge in [0.2, 0.25) is 0 Å². The van der Waals surface area contributed by atoms with E-state index in [-0.39, 0.29) is 11.1 Å². The molecule has 1 N–H and O–H groups in total. The van der Waals surface area contributed by atoms with Crippen LogP contribution < -0.4 is 5.32 Å². The van der Waals surface area contributed by atoms with Crippen molar-refractivity contribution in [3.8, 4) is 0 Å². The van der Waals surface area contributed by atoms with Crippen LogP contribution in [0.4, 0.5) is 16.5 Å². The highest BCUT2D eigenvalue weighted by Crippen LogP contribution is 2.32. The van der Waals surface area contributed by atoms with Crippen LogP contribution in [0, 0.1) is 41.0 Å². The van der Waals surface area contributed by atoms with Gasteiger partial charge in [0.15, 0.2) is 5.13 Å². The number of benzene rings is 2. The number of rotatable bonds is 4. The number of hydrogen-bond donors (Lipinski definition) is 1. The van der Waals surface area contributed by atoms with Crippen LogP contribution in [0.5, 0.6) is 0 Å². The van der Waals surface area contributed by atoms with Crippen LogP contribution in [0.2, 0.25) is 0 Å². The van der Waals surface area contributed by atoms with Crippen LogP contribution in [0.25, 0.3) is 10.2 Å². The average molecular weight is 386 g/mol.